The lowest BCUT2D eigenvalue weighted by atomic mass is 10.1. The van der Waals surface area contributed by atoms with Gasteiger partial charge in [-0.25, -0.2) is 8.78 Å². The minimum atomic E-state index is -0.905. The predicted molar refractivity (Wildman–Crippen MR) is 61.1 cm³/mol. The SMILES string of the molecule is Cc1c(N)cc(-c2noc([C@H]3C[C@H]3F)n2)cc1F. The molecule has 1 saturated carbocycles. The first kappa shape index (κ1) is 11.1. The van der Waals surface area contributed by atoms with Crippen LogP contribution in [0.2, 0.25) is 0 Å². The third-order valence-electron chi connectivity index (χ3n) is 3.11. The zero-order chi connectivity index (χ0) is 12.9. The van der Waals surface area contributed by atoms with Crippen LogP contribution in [-0.2, 0) is 0 Å². The van der Waals surface area contributed by atoms with E-state index in [2.05, 4.69) is 10.1 Å². The van der Waals surface area contributed by atoms with Gasteiger partial charge in [-0.15, -0.1) is 0 Å². The van der Waals surface area contributed by atoms with E-state index >= 15 is 0 Å². The molecule has 0 saturated heterocycles. The van der Waals surface area contributed by atoms with Crippen molar-refractivity contribution in [2.24, 2.45) is 0 Å². The average molecular weight is 251 g/mol. The molecule has 1 aromatic heterocycles. The summed E-state index contributed by atoms with van der Waals surface area (Å²) in [5.74, 6) is -0.239. The third kappa shape index (κ3) is 1.73. The number of nitrogens with zero attached hydrogens (tertiary/aromatic N) is 2. The Morgan fingerprint density at radius 3 is 2.78 bits per heavy atom. The fourth-order valence-corrected chi connectivity index (χ4v) is 1.75. The molecule has 1 aromatic carbocycles. The quantitative estimate of drug-likeness (QED) is 0.833. The number of aromatic nitrogens is 2. The first-order valence-electron chi connectivity index (χ1n) is 5.60. The second-order valence-corrected chi connectivity index (χ2v) is 4.49. The van der Waals surface area contributed by atoms with Crippen molar-refractivity contribution in [3.8, 4) is 11.4 Å². The lowest BCUT2D eigenvalue weighted by Gasteiger charge is -2.03. The zero-order valence-corrected chi connectivity index (χ0v) is 9.65. The first-order chi connectivity index (χ1) is 8.56. The summed E-state index contributed by atoms with van der Waals surface area (Å²) in [6.07, 6.45) is -0.496. The van der Waals surface area contributed by atoms with Crippen LogP contribution < -0.4 is 5.73 Å². The van der Waals surface area contributed by atoms with Crippen LogP contribution in [0.15, 0.2) is 16.7 Å². The van der Waals surface area contributed by atoms with Crippen LogP contribution in [0.3, 0.4) is 0 Å². The van der Waals surface area contributed by atoms with E-state index in [0.717, 1.165) is 0 Å². The van der Waals surface area contributed by atoms with Crippen molar-refractivity contribution in [2.45, 2.75) is 25.4 Å². The molecule has 0 bridgehead atoms. The largest absolute Gasteiger partial charge is 0.398 e. The lowest BCUT2D eigenvalue weighted by Crippen LogP contribution is -1.95. The van der Waals surface area contributed by atoms with Crippen molar-refractivity contribution >= 4 is 5.69 Å². The topological polar surface area (TPSA) is 64.9 Å². The van der Waals surface area contributed by atoms with E-state index in [-0.39, 0.29) is 17.6 Å². The molecule has 1 heterocycles. The number of halogens is 2. The van der Waals surface area contributed by atoms with E-state index in [9.17, 15) is 8.78 Å². The van der Waals surface area contributed by atoms with Crippen LogP contribution >= 0.6 is 0 Å². The van der Waals surface area contributed by atoms with E-state index in [1.165, 1.54) is 6.07 Å². The lowest BCUT2D eigenvalue weighted by molar-refractivity contribution is 0.363. The van der Waals surface area contributed by atoms with Gasteiger partial charge in [-0.3, -0.25) is 0 Å². The fraction of sp³-hybridized carbons (Fsp3) is 0.333. The molecule has 0 radical (unpaired) electrons. The molecular weight excluding hydrogens is 240 g/mol. The summed E-state index contributed by atoms with van der Waals surface area (Å²) in [6.45, 7) is 1.59. The van der Waals surface area contributed by atoms with Gasteiger partial charge in [0.15, 0.2) is 0 Å². The Hall–Kier alpha value is -1.98. The summed E-state index contributed by atoms with van der Waals surface area (Å²) < 4.78 is 31.3. The molecule has 6 heteroatoms. The molecule has 2 aromatic rings. The molecule has 0 unspecified atom stereocenters. The van der Waals surface area contributed by atoms with Crippen molar-refractivity contribution in [1.29, 1.82) is 0 Å². The molecule has 1 aliphatic carbocycles. The predicted octanol–water partition coefficient (Wildman–Crippen LogP) is 2.59. The minimum absolute atomic E-state index is 0.231. The van der Waals surface area contributed by atoms with Gasteiger partial charge >= 0.3 is 0 Å². The number of rotatable bonds is 2. The number of nitrogens with two attached hydrogens (primary N) is 1. The molecular formula is C12H11F2N3O. The molecule has 4 nitrogen and oxygen atoms in total. The van der Waals surface area contributed by atoms with Gasteiger partial charge in [0.1, 0.15) is 12.0 Å². The summed E-state index contributed by atoms with van der Waals surface area (Å²) in [4.78, 5) is 4.06. The van der Waals surface area contributed by atoms with Crippen molar-refractivity contribution in [3.63, 3.8) is 0 Å². The average Bonchev–Trinajstić information content (AvgIpc) is 2.89. The van der Waals surface area contributed by atoms with Gasteiger partial charge in [0.2, 0.25) is 11.7 Å². The smallest absolute Gasteiger partial charge is 0.233 e. The summed E-state index contributed by atoms with van der Waals surface area (Å²) in [6, 6.07) is 2.87. The normalized spacial score (nSPS) is 22.2. The minimum Gasteiger partial charge on any atom is -0.398 e. The second kappa shape index (κ2) is 3.76. The Labute approximate surface area is 102 Å². The maximum Gasteiger partial charge on any atom is 0.233 e. The Balaban J connectivity index is 1.97. The highest BCUT2D eigenvalue weighted by atomic mass is 19.1. The van der Waals surface area contributed by atoms with E-state index in [1.54, 1.807) is 13.0 Å². The van der Waals surface area contributed by atoms with Crippen LogP contribution in [0.4, 0.5) is 14.5 Å². The Morgan fingerprint density at radius 2 is 2.17 bits per heavy atom. The van der Waals surface area contributed by atoms with Crippen LogP contribution in [0, 0.1) is 12.7 Å². The van der Waals surface area contributed by atoms with Crippen molar-refractivity contribution in [3.05, 3.63) is 29.4 Å². The van der Waals surface area contributed by atoms with Crippen molar-refractivity contribution in [2.75, 3.05) is 5.73 Å². The molecule has 0 amide bonds. The summed E-state index contributed by atoms with van der Waals surface area (Å²) in [5, 5.41) is 3.72. The zero-order valence-electron chi connectivity index (χ0n) is 9.65. The molecule has 2 N–H and O–H groups in total. The number of hydrogen-bond acceptors (Lipinski definition) is 4. The van der Waals surface area contributed by atoms with Gasteiger partial charge in [-0.2, -0.15) is 4.98 Å². The van der Waals surface area contributed by atoms with Gasteiger partial charge in [-0.05, 0) is 25.5 Å². The monoisotopic (exact) mass is 251 g/mol. The van der Waals surface area contributed by atoms with Gasteiger partial charge in [-0.1, -0.05) is 5.16 Å². The van der Waals surface area contributed by atoms with Gasteiger partial charge in [0.25, 0.3) is 0 Å². The number of anilines is 1. The van der Waals surface area contributed by atoms with Crippen molar-refractivity contribution < 1.29 is 13.3 Å². The van der Waals surface area contributed by atoms with Crippen molar-refractivity contribution in [1.82, 2.24) is 10.1 Å². The molecule has 18 heavy (non-hydrogen) atoms. The van der Waals surface area contributed by atoms with Crippen LogP contribution in [0.1, 0.15) is 23.8 Å². The van der Waals surface area contributed by atoms with E-state index in [0.29, 0.717) is 23.2 Å². The summed E-state index contributed by atoms with van der Waals surface area (Å²) >= 11 is 0. The van der Waals surface area contributed by atoms with E-state index < -0.39 is 12.0 Å². The summed E-state index contributed by atoms with van der Waals surface area (Å²) in [7, 11) is 0. The Morgan fingerprint density at radius 1 is 1.44 bits per heavy atom. The van der Waals surface area contributed by atoms with Crippen LogP contribution in [-0.4, -0.2) is 16.3 Å². The van der Waals surface area contributed by atoms with Crippen LogP contribution in [0.25, 0.3) is 11.4 Å². The standard InChI is InChI=1S/C12H11F2N3O/c1-5-8(13)2-6(3-10(5)15)11-16-12(18-17-11)7-4-9(7)14/h2-3,7,9H,4,15H2,1H3/t7-,9+/m0/s1. The highest BCUT2D eigenvalue weighted by Crippen LogP contribution is 2.43. The van der Waals surface area contributed by atoms with Crippen LogP contribution in [0.5, 0.6) is 0 Å². The number of alkyl halides is 1. The maximum atomic E-state index is 13.5. The maximum absolute atomic E-state index is 13.5. The number of hydrogen-bond donors (Lipinski definition) is 1. The number of benzene rings is 1. The highest BCUT2D eigenvalue weighted by Gasteiger charge is 2.43. The fourth-order valence-electron chi connectivity index (χ4n) is 1.75. The molecule has 0 aliphatic heterocycles. The first-order valence-corrected chi connectivity index (χ1v) is 5.60. The molecule has 2 atom stereocenters. The highest BCUT2D eigenvalue weighted by molar-refractivity contribution is 5.63. The number of nitrogen functional groups attached to an aromatic ring is 1. The van der Waals surface area contributed by atoms with E-state index in [4.69, 9.17) is 10.3 Å². The van der Waals surface area contributed by atoms with E-state index in [1.807, 2.05) is 0 Å². The molecule has 0 spiro atoms. The van der Waals surface area contributed by atoms with Gasteiger partial charge < -0.3 is 10.3 Å². The molecule has 1 fully saturated rings. The molecule has 94 valence electrons. The molecule has 3 rings (SSSR count). The Bertz CT molecular complexity index is 588. The van der Waals surface area contributed by atoms with Gasteiger partial charge in [0, 0.05) is 16.8 Å². The summed E-state index contributed by atoms with van der Waals surface area (Å²) in [5.41, 5.74) is 6.81. The Kier molecular flexibility index (Phi) is 2.33. The third-order valence-corrected chi connectivity index (χ3v) is 3.11. The second-order valence-electron chi connectivity index (χ2n) is 4.49. The molecule has 1 aliphatic rings. The van der Waals surface area contributed by atoms with Gasteiger partial charge in [0.05, 0.1) is 5.92 Å².